The highest BCUT2D eigenvalue weighted by atomic mass is 16.5. The Bertz CT molecular complexity index is 935. The number of rotatable bonds is 12. The molecule has 0 amide bonds. The number of carboxylic acid groups (broad SMARTS) is 1. The Hall–Kier alpha value is -3.08. The van der Waals surface area contributed by atoms with Gasteiger partial charge in [0.05, 0.1) is 13.2 Å². The lowest BCUT2D eigenvalue weighted by Crippen LogP contribution is -2.05. The van der Waals surface area contributed by atoms with Gasteiger partial charge in [-0.25, -0.2) is 0 Å². The van der Waals surface area contributed by atoms with Crippen LogP contribution in [0.25, 0.3) is 0 Å². The van der Waals surface area contributed by atoms with Crippen LogP contribution in [0, 0.1) is 6.92 Å². The maximum Gasteiger partial charge on any atom is 0.303 e. The van der Waals surface area contributed by atoms with Gasteiger partial charge in [-0.2, -0.15) is 5.10 Å². The lowest BCUT2D eigenvalue weighted by Gasteiger charge is -2.13. The van der Waals surface area contributed by atoms with Crippen LogP contribution < -0.4 is 4.74 Å². The van der Waals surface area contributed by atoms with Gasteiger partial charge >= 0.3 is 5.97 Å². The number of benzene rings is 2. The van der Waals surface area contributed by atoms with E-state index in [1.807, 2.05) is 35.1 Å². The van der Waals surface area contributed by atoms with E-state index < -0.39 is 5.97 Å². The van der Waals surface area contributed by atoms with Crippen molar-refractivity contribution in [3.8, 4) is 5.75 Å². The molecule has 3 aromatic rings. The molecule has 0 aliphatic carbocycles. The van der Waals surface area contributed by atoms with Crippen LogP contribution in [0.15, 0.2) is 60.9 Å². The van der Waals surface area contributed by atoms with Crippen molar-refractivity contribution in [3.63, 3.8) is 0 Å². The Labute approximate surface area is 178 Å². The number of hydrogen-bond acceptors (Lipinski definition) is 3. The summed E-state index contributed by atoms with van der Waals surface area (Å²) < 4.78 is 7.94. The third-order valence-corrected chi connectivity index (χ3v) is 5.09. The maximum absolute atomic E-state index is 11.0. The third kappa shape index (κ3) is 7.07. The first-order valence-electron chi connectivity index (χ1n) is 10.6. The van der Waals surface area contributed by atoms with Crippen LogP contribution in [0.5, 0.6) is 5.75 Å². The number of aryl methyl sites for hydroxylation is 3. The zero-order valence-electron chi connectivity index (χ0n) is 17.6. The van der Waals surface area contributed by atoms with Gasteiger partial charge in [-0.15, -0.1) is 0 Å². The second-order valence-electron chi connectivity index (χ2n) is 7.69. The van der Waals surface area contributed by atoms with Gasteiger partial charge in [-0.3, -0.25) is 9.48 Å². The zero-order valence-corrected chi connectivity index (χ0v) is 17.6. The molecular formula is C25H30N2O3. The van der Waals surface area contributed by atoms with Crippen LogP contribution in [0.4, 0.5) is 0 Å². The highest BCUT2D eigenvalue weighted by molar-refractivity contribution is 5.67. The van der Waals surface area contributed by atoms with Crippen molar-refractivity contribution in [3.05, 3.63) is 83.2 Å². The van der Waals surface area contributed by atoms with Crippen LogP contribution in [0.2, 0.25) is 0 Å². The lowest BCUT2D eigenvalue weighted by atomic mass is 10.0. The molecule has 2 aromatic carbocycles. The number of aromatic nitrogens is 2. The van der Waals surface area contributed by atoms with Crippen LogP contribution in [0.1, 0.15) is 47.9 Å². The first-order valence-corrected chi connectivity index (χ1v) is 10.6. The molecule has 158 valence electrons. The highest BCUT2D eigenvalue weighted by Gasteiger charge is 2.09. The van der Waals surface area contributed by atoms with Gasteiger partial charge in [0.15, 0.2) is 0 Å². The van der Waals surface area contributed by atoms with Gasteiger partial charge in [0.1, 0.15) is 5.75 Å². The SMILES string of the molecule is Cc1cccc(CCCCCOc2cc(Cn3cccn3)ccc2CCC(=O)O)c1. The molecule has 1 heterocycles. The van der Waals surface area contributed by atoms with Crippen LogP contribution in [0.3, 0.4) is 0 Å². The van der Waals surface area contributed by atoms with E-state index in [-0.39, 0.29) is 6.42 Å². The van der Waals surface area contributed by atoms with Crippen LogP contribution in [-0.4, -0.2) is 27.5 Å². The predicted molar refractivity (Wildman–Crippen MR) is 118 cm³/mol. The molecule has 1 N–H and O–H groups in total. The summed E-state index contributed by atoms with van der Waals surface area (Å²) in [6.45, 7) is 3.43. The van der Waals surface area contributed by atoms with Crippen molar-refractivity contribution < 1.29 is 14.6 Å². The summed E-state index contributed by atoms with van der Waals surface area (Å²) in [5.74, 6) is -0.00249. The van der Waals surface area contributed by atoms with Crippen molar-refractivity contribution in [2.75, 3.05) is 6.61 Å². The molecule has 3 rings (SSSR count). The van der Waals surface area contributed by atoms with Gasteiger partial charge in [-0.1, -0.05) is 42.0 Å². The molecule has 5 heteroatoms. The fraction of sp³-hybridized carbons (Fsp3) is 0.360. The van der Waals surface area contributed by atoms with Gasteiger partial charge in [-0.05, 0) is 67.9 Å². The van der Waals surface area contributed by atoms with Crippen molar-refractivity contribution >= 4 is 5.97 Å². The number of ether oxygens (including phenoxy) is 1. The van der Waals surface area contributed by atoms with Gasteiger partial charge in [0.25, 0.3) is 0 Å². The van der Waals surface area contributed by atoms with Gasteiger partial charge < -0.3 is 9.84 Å². The number of unbranched alkanes of at least 4 members (excludes halogenated alkanes) is 2. The molecule has 0 bridgehead atoms. The molecular weight excluding hydrogens is 376 g/mol. The number of hydrogen-bond donors (Lipinski definition) is 1. The van der Waals surface area contributed by atoms with Crippen molar-refractivity contribution in [1.29, 1.82) is 0 Å². The average Bonchev–Trinajstić information content (AvgIpc) is 3.23. The third-order valence-electron chi connectivity index (χ3n) is 5.09. The molecule has 0 aliphatic rings. The summed E-state index contributed by atoms with van der Waals surface area (Å²) in [5, 5.41) is 13.3. The van der Waals surface area contributed by atoms with Crippen LogP contribution >= 0.6 is 0 Å². The quantitative estimate of drug-likeness (QED) is 0.428. The predicted octanol–water partition coefficient (Wildman–Crippen LogP) is 5.05. The Morgan fingerprint density at radius 3 is 2.70 bits per heavy atom. The number of carboxylic acids is 1. The second-order valence-corrected chi connectivity index (χ2v) is 7.69. The molecule has 0 aliphatic heterocycles. The largest absolute Gasteiger partial charge is 0.493 e. The standard InChI is InChI=1S/C25H30N2O3/c1-20-7-5-9-21(17-20)8-3-2-4-16-30-24-18-22(19-27-15-6-14-26-27)10-11-23(24)12-13-25(28)29/h5-7,9-11,14-15,17-18H,2-4,8,12-13,16,19H2,1H3,(H,28,29). The minimum Gasteiger partial charge on any atom is -0.493 e. The fourth-order valence-electron chi connectivity index (χ4n) is 3.52. The molecule has 0 fully saturated rings. The molecule has 0 saturated heterocycles. The molecule has 0 atom stereocenters. The zero-order chi connectivity index (χ0) is 21.2. The van der Waals surface area contributed by atoms with Gasteiger partial charge in [0, 0.05) is 18.8 Å². The number of aliphatic carboxylic acids is 1. The van der Waals surface area contributed by atoms with Crippen molar-refractivity contribution in [2.24, 2.45) is 0 Å². The first-order chi connectivity index (χ1) is 14.6. The number of carbonyl (C=O) groups is 1. The molecule has 5 nitrogen and oxygen atoms in total. The van der Waals surface area contributed by atoms with E-state index in [1.54, 1.807) is 6.20 Å². The Balaban J connectivity index is 1.51. The number of nitrogens with zero attached hydrogens (tertiary/aromatic N) is 2. The second kappa shape index (κ2) is 11.2. The Kier molecular flexibility index (Phi) is 8.07. The summed E-state index contributed by atoms with van der Waals surface area (Å²) in [7, 11) is 0. The van der Waals surface area contributed by atoms with E-state index in [0.717, 1.165) is 42.6 Å². The molecule has 0 radical (unpaired) electrons. The summed E-state index contributed by atoms with van der Waals surface area (Å²) in [6.07, 6.45) is 8.57. The highest BCUT2D eigenvalue weighted by Crippen LogP contribution is 2.23. The van der Waals surface area contributed by atoms with E-state index >= 15 is 0 Å². The van der Waals surface area contributed by atoms with E-state index in [1.165, 1.54) is 11.1 Å². The molecule has 30 heavy (non-hydrogen) atoms. The molecule has 0 spiro atoms. The molecule has 0 saturated carbocycles. The van der Waals surface area contributed by atoms with Crippen molar-refractivity contribution in [1.82, 2.24) is 9.78 Å². The van der Waals surface area contributed by atoms with Gasteiger partial charge in [0.2, 0.25) is 0 Å². The Morgan fingerprint density at radius 2 is 1.93 bits per heavy atom. The van der Waals surface area contributed by atoms with E-state index in [9.17, 15) is 4.79 Å². The fourth-order valence-corrected chi connectivity index (χ4v) is 3.52. The first kappa shape index (κ1) is 21.6. The lowest BCUT2D eigenvalue weighted by molar-refractivity contribution is -0.136. The smallest absolute Gasteiger partial charge is 0.303 e. The van der Waals surface area contributed by atoms with E-state index in [0.29, 0.717) is 19.6 Å². The summed E-state index contributed by atoms with van der Waals surface area (Å²) in [4.78, 5) is 11.0. The normalized spacial score (nSPS) is 10.8. The van der Waals surface area contributed by atoms with E-state index in [4.69, 9.17) is 9.84 Å². The summed E-state index contributed by atoms with van der Waals surface area (Å²) in [6, 6.07) is 16.6. The topological polar surface area (TPSA) is 64.4 Å². The molecule has 0 unspecified atom stereocenters. The van der Waals surface area contributed by atoms with Crippen molar-refractivity contribution in [2.45, 2.75) is 52.0 Å². The average molecular weight is 407 g/mol. The summed E-state index contributed by atoms with van der Waals surface area (Å²) in [5.41, 5.74) is 4.73. The molecule has 1 aromatic heterocycles. The summed E-state index contributed by atoms with van der Waals surface area (Å²) >= 11 is 0. The Morgan fingerprint density at radius 1 is 1.03 bits per heavy atom. The minimum atomic E-state index is -0.794. The monoisotopic (exact) mass is 406 g/mol. The van der Waals surface area contributed by atoms with E-state index in [2.05, 4.69) is 36.3 Å². The minimum absolute atomic E-state index is 0.103. The maximum atomic E-state index is 11.0. The van der Waals surface area contributed by atoms with Crippen LogP contribution in [-0.2, 0) is 24.2 Å².